The van der Waals surface area contributed by atoms with Gasteiger partial charge in [-0.05, 0) is 49.2 Å². The van der Waals surface area contributed by atoms with E-state index in [-0.39, 0.29) is 11.9 Å². The average Bonchev–Trinajstić information content (AvgIpc) is 2.98. The van der Waals surface area contributed by atoms with E-state index < -0.39 is 0 Å². The highest BCUT2D eigenvalue weighted by atomic mass is 35.5. The second-order valence-electron chi connectivity index (χ2n) is 6.63. The minimum atomic E-state index is 0.122. The van der Waals surface area contributed by atoms with Gasteiger partial charge in [-0.3, -0.25) is 4.79 Å². The third-order valence-corrected chi connectivity index (χ3v) is 5.18. The molecule has 0 radical (unpaired) electrons. The molecule has 0 aliphatic carbocycles. The van der Waals surface area contributed by atoms with E-state index in [0.717, 1.165) is 48.4 Å². The molecule has 1 N–H and O–H groups in total. The molecule has 2 heterocycles. The van der Waals surface area contributed by atoms with E-state index >= 15 is 0 Å². The van der Waals surface area contributed by atoms with Gasteiger partial charge in [-0.25, -0.2) is 0 Å². The average molecular weight is 357 g/mol. The molecular formula is C20H21ClN2O2. The van der Waals surface area contributed by atoms with Gasteiger partial charge in [0.15, 0.2) is 0 Å². The molecule has 130 valence electrons. The van der Waals surface area contributed by atoms with Gasteiger partial charge in [0.25, 0.3) is 5.91 Å². The zero-order chi connectivity index (χ0) is 17.2. The normalized spacial score (nSPS) is 19.8. The largest absolute Gasteiger partial charge is 0.489 e. The number of amides is 1. The van der Waals surface area contributed by atoms with Gasteiger partial charge in [-0.1, -0.05) is 29.8 Å². The molecule has 25 heavy (non-hydrogen) atoms. The molecule has 2 aromatic rings. The molecule has 0 saturated carbocycles. The van der Waals surface area contributed by atoms with Crippen LogP contribution in [-0.4, -0.2) is 29.9 Å². The number of halogens is 1. The lowest BCUT2D eigenvalue weighted by atomic mass is 10.1. The SMILES string of the molecule is O=C1c2cccc(OCc3cccc(Cl)c3)c2CN1C1CCCNC1. The Balaban J connectivity index is 1.52. The molecule has 2 aliphatic rings. The minimum absolute atomic E-state index is 0.122. The summed E-state index contributed by atoms with van der Waals surface area (Å²) in [5.41, 5.74) is 2.79. The van der Waals surface area contributed by atoms with Gasteiger partial charge in [-0.2, -0.15) is 0 Å². The van der Waals surface area contributed by atoms with E-state index in [4.69, 9.17) is 16.3 Å². The second-order valence-corrected chi connectivity index (χ2v) is 7.07. The zero-order valence-electron chi connectivity index (χ0n) is 14.0. The minimum Gasteiger partial charge on any atom is -0.489 e. The van der Waals surface area contributed by atoms with E-state index in [1.54, 1.807) is 0 Å². The van der Waals surface area contributed by atoms with Crippen LogP contribution in [0.3, 0.4) is 0 Å². The first-order chi connectivity index (χ1) is 12.2. The van der Waals surface area contributed by atoms with Crippen LogP contribution in [-0.2, 0) is 13.2 Å². The van der Waals surface area contributed by atoms with Crippen molar-refractivity contribution in [2.45, 2.75) is 32.0 Å². The number of benzene rings is 2. The molecule has 2 aliphatic heterocycles. The van der Waals surface area contributed by atoms with Crippen LogP contribution >= 0.6 is 11.6 Å². The molecule has 1 fully saturated rings. The highest BCUT2D eigenvalue weighted by Crippen LogP contribution is 2.33. The van der Waals surface area contributed by atoms with Crippen LogP contribution in [0, 0.1) is 0 Å². The molecule has 0 bridgehead atoms. The lowest BCUT2D eigenvalue weighted by Gasteiger charge is -2.31. The monoisotopic (exact) mass is 356 g/mol. The molecule has 1 amide bonds. The van der Waals surface area contributed by atoms with Crippen LogP contribution in [0.5, 0.6) is 5.75 Å². The smallest absolute Gasteiger partial charge is 0.254 e. The van der Waals surface area contributed by atoms with Gasteiger partial charge >= 0.3 is 0 Å². The van der Waals surface area contributed by atoms with E-state index in [2.05, 4.69) is 5.32 Å². The van der Waals surface area contributed by atoms with Crippen molar-refractivity contribution >= 4 is 17.5 Å². The van der Waals surface area contributed by atoms with Crippen molar-refractivity contribution in [2.24, 2.45) is 0 Å². The third kappa shape index (κ3) is 3.37. The van der Waals surface area contributed by atoms with E-state index in [0.29, 0.717) is 18.2 Å². The van der Waals surface area contributed by atoms with Crippen molar-refractivity contribution in [3.05, 3.63) is 64.2 Å². The number of nitrogens with zero attached hydrogens (tertiary/aromatic N) is 1. The Labute approximate surface area is 152 Å². The molecule has 4 nitrogen and oxygen atoms in total. The topological polar surface area (TPSA) is 41.6 Å². The standard InChI is InChI=1S/C20H21ClN2O2/c21-15-5-1-4-14(10-15)13-25-19-8-2-7-17-18(19)12-23(20(17)24)16-6-3-9-22-11-16/h1-2,4-5,7-8,10,16,22H,3,6,9,11-13H2. The number of ether oxygens (including phenoxy) is 1. The number of carbonyl (C=O) groups excluding carboxylic acids is 1. The molecule has 4 rings (SSSR count). The van der Waals surface area contributed by atoms with E-state index in [1.165, 1.54) is 0 Å². The summed E-state index contributed by atoms with van der Waals surface area (Å²) in [5, 5.41) is 4.09. The van der Waals surface area contributed by atoms with Gasteiger partial charge in [0.2, 0.25) is 0 Å². The fraction of sp³-hybridized carbons (Fsp3) is 0.350. The summed E-state index contributed by atoms with van der Waals surface area (Å²) >= 11 is 6.03. The Kier molecular flexibility index (Phi) is 4.64. The molecule has 1 saturated heterocycles. The lowest BCUT2D eigenvalue weighted by Crippen LogP contribution is -2.46. The second kappa shape index (κ2) is 7.06. The van der Waals surface area contributed by atoms with Gasteiger partial charge in [-0.15, -0.1) is 0 Å². The summed E-state index contributed by atoms with van der Waals surface area (Å²) in [5.74, 6) is 0.911. The Bertz CT molecular complexity index is 787. The van der Waals surface area contributed by atoms with Crippen LogP contribution in [0.1, 0.15) is 34.3 Å². The first-order valence-corrected chi connectivity index (χ1v) is 9.11. The summed E-state index contributed by atoms with van der Waals surface area (Å²) < 4.78 is 6.02. The number of carbonyl (C=O) groups is 1. The highest BCUT2D eigenvalue weighted by Gasteiger charge is 2.34. The fourth-order valence-electron chi connectivity index (χ4n) is 3.64. The first kappa shape index (κ1) is 16.4. The molecule has 2 aromatic carbocycles. The van der Waals surface area contributed by atoms with E-state index in [9.17, 15) is 4.79 Å². The first-order valence-electron chi connectivity index (χ1n) is 8.73. The number of piperidine rings is 1. The number of rotatable bonds is 4. The van der Waals surface area contributed by atoms with Crippen molar-refractivity contribution in [3.63, 3.8) is 0 Å². The number of fused-ring (bicyclic) bond motifs is 1. The van der Waals surface area contributed by atoms with Gasteiger partial charge < -0.3 is 15.0 Å². The van der Waals surface area contributed by atoms with Crippen LogP contribution in [0.25, 0.3) is 0 Å². The maximum atomic E-state index is 12.8. The quantitative estimate of drug-likeness (QED) is 0.909. The third-order valence-electron chi connectivity index (χ3n) is 4.95. The fourth-order valence-corrected chi connectivity index (χ4v) is 3.86. The number of nitrogens with one attached hydrogen (secondary N) is 1. The van der Waals surface area contributed by atoms with Crippen molar-refractivity contribution in [1.82, 2.24) is 10.2 Å². The van der Waals surface area contributed by atoms with Crippen molar-refractivity contribution < 1.29 is 9.53 Å². The number of hydrogen-bond donors (Lipinski definition) is 1. The summed E-state index contributed by atoms with van der Waals surface area (Å²) in [6, 6.07) is 13.7. The summed E-state index contributed by atoms with van der Waals surface area (Å²) in [6.45, 7) is 2.99. The predicted molar refractivity (Wildman–Crippen MR) is 98.0 cm³/mol. The van der Waals surface area contributed by atoms with Crippen molar-refractivity contribution in [3.8, 4) is 5.75 Å². The van der Waals surface area contributed by atoms with Gasteiger partial charge in [0.1, 0.15) is 12.4 Å². The van der Waals surface area contributed by atoms with Crippen LogP contribution in [0.15, 0.2) is 42.5 Å². The van der Waals surface area contributed by atoms with Gasteiger partial charge in [0, 0.05) is 28.7 Å². The molecule has 1 atom stereocenters. The molecule has 5 heteroatoms. The zero-order valence-corrected chi connectivity index (χ0v) is 14.8. The van der Waals surface area contributed by atoms with Gasteiger partial charge in [0.05, 0.1) is 6.54 Å². The summed E-state index contributed by atoms with van der Waals surface area (Å²) in [7, 11) is 0. The Morgan fingerprint density at radius 2 is 2.12 bits per heavy atom. The Morgan fingerprint density at radius 1 is 1.24 bits per heavy atom. The molecular weight excluding hydrogens is 336 g/mol. The Hall–Kier alpha value is -2.04. The highest BCUT2D eigenvalue weighted by molar-refractivity contribution is 6.30. The van der Waals surface area contributed by atoms with Crippen LogP contribution in [0.4, 0.5) is 0 Å². The van der Waals surface area contributed by atoms with Crippen LogP contribution in [0.2, 0.25) is 5.02 Å². The maximum Gasteiger partial charge on any atom is 0.254 e. The maximum absolute atomic E-state index is 12.8. The number of hydrogen-bond acceptors (Lipinski definition) is 3. The van der Waals surface area contributed by atoms with E-state index in [1.807, 2.05) is 47.4 Å². The van der Waals surface area contributed by atoms with Crippen molar-refractivity contribution in [1.29, 1.82) is 0 Å². The van der Waals surface area contributed by atoms with Crippen molar-refractivity contribution in [2.75, 3.05) is 13.1 Å². The Morgan fingerprint density at radius 3 is 2.92 bits per heavy atom. The molecule has 0 aromatic heterocycles. The summed E-state index contributed by atoms with van der Waals surface area (Å²) in [6.07, 6.45) is 2.17. The molecule has 1 unspecified atom stereocenters. The lowest BCUT2D eigenvalue weighted by molar-refractivity contribution is 0.0674. The summed E-state index contributed by atoms with van der Waals surface area (Å²) in [4.78, 5) is 14.8. The van der Waals surface area contributed by atoms with Crippen LogP contribution < -0.4 is 10.1 Å². The molecule has 0 spiro atoms. The predicted octanol–water partition coefficient (Wildman–Crippen LogP) is 3.63.